The van der Waals surface area contributed by atoms with Gasteiger partial charge in [-0.05, 0) is 42.7 Å². The summed E-state index contributed by atoms with van der Waals surface area (Å²) in [6.45, 7) is 1.85. The molecule has 4 rings (SSSR count). The second kappa shape index (κ2) is 6.04. The van der Waals surface area contributed by atoms with Crippen molar-refractivity contribution in [3.8, 4) is 0 Å². The Morgan fingerprint density at radius 3 is 2.72 bits per heavy atom. The number of carbonyl (C=O) groups excluding carboxylic acids is 2. The maximum absolute atomic E-state index is 12.7. The number of aryl methyl sites for hydroxylation is 1. The van der Waals surface area contributed by atoms with Crippen LogP contribution in [0, 0.1) is 6.92 Å². The van der Waals surface area contributed by atoms with Crippen LogP contribution < -0.4 is 5.32 Å². The summed E-state index contributed by atoms with van der Waals surface area (Å²) in [6.07, 6.45) is 2.13. The normalized spacial score (nSPS) is 13.8. The zero-order valence-corrected chi connectivity index (χ0v) is 14.7. The van der Waals surface area contributed by atoms with Crippen molar-refractivity contribution in [2.75, 3.05) is 12.4 Å². The molecule has 6 heteroatoms. The van der Waals surface area contributed by atoms with Crippen LogP contribution in [-0.4, -0.2) is 19.0 Å². The van der Waals surface area contributed by atoms with Gasteiger partial charge in [0.15, 0.2) is 5.76 Å². The molecule has 25 heavy (non-hydrogen) atoms. The average molecular weight is 355 g/mol. The third-order valence-electron chi connectivity index (χ3n) is 4.50. The van der Waals surface area contributed by atoms with Crippen LogP contribution in [0.1, 0.15) is 50.8 Å². The van der Waals surface area contributed by atoms with Gasteiger partial charge in [-0.3, -0.25) is 4.79 Å². The summed E-state index contributed by atoms with van der Waals surface area (Å²) < 4.78 is 10.6. The number of rotatable bonds is 4. The van der Waals surface area contributed by atoms with Crippen molar-refractivity contribution >= 4 is 39.2 Å². The largest absolute Gasteiger partial charge is 0.465 e. The number of para-hydroxylation sites is 1. The van der Waals surface area contributed by atoms with Gasteiger partial charge in [-0.2, -0.15) is 0 Å². The predicted octanol–water partition coefficient (Wildman–Crippen LogP) is 4.72. The van der Waals surface area contributed by atoms with Gasteiger partial charge in [0.05, 0.1) is 12.7 Å². The number of ether oxygens (including phenoxy) is 1. The molecule has 1 aromatic carbocycles. The highest BCUT2D eigenvalue weighted by Gasteiger charge is 2.32. The highest BCUT2D eigenvalue weighted by atomic mass is 32.1. The molecule has 0 radical (unpaired) electrons. The Bertz CT molecular complexity index is 981. The maximum atomic E-state index is 12.7. The van der Waals surface area contributed by atoms with E-state index in [4.69, 9.17) is 9.15 Å². The van der Waals surface area contributed by atoms with Gasteiger partial charge >= 0.3 is 5.97 Å². The van der Waals surface area contributed by atoms with Crippen molar-refractivity contribution in [1.82, 2.24) is 0 Å². The lowest BCUT2D eigenvalue weighted by Gasteiger charge is -2.06. The molecule has 2 aromatic heterocycles. The number of fused-ring (bicyclic) bond motifs is 1. The van der Waals surface area contributed by atoms with E-state index in [-0.39, 0.29) is 11.7 Å². The fourth-order valence-electron chi connectivity index (χ4n) is 3.02. The van der Waals surface area contributed by atoms with Gasteiger partial charge in [0, 0.05) is 10.9 Å². The van der Waals surface area contributed by atoms with Crippen LogP contribution in [-0.2, 0) is 4.74 Å². The molecule has 1 N–H and O–H groups in total. The van der Waals surface area contributed by atoms with Crippen LogP contribution in [0.2, 0.25) is 0 Å². The summed E-state index contributed by atoms with van der Waals surface area (Å²) in [6, 6.07) is 7.52. The first-order valence-corrected chi connectivity index (χ1v) is 8.97. The molecule has 1 fully saturated rings. The number of furan rings is 1. The zero-order valence-electron chi connectivity index (χ0n) is 13.9. The molecule has 0 aliphatic heterocycles. The number of methoxy groups -OCH3 is 1. The first kappa shape index (κ1) is 15.9. The molecule has 1 aliphatic rings. The van der Waals surface area contributed by atoms with E-state index in [2.05, 4.69) is 5.32 Å². The Labute approximate surface area is 148 Å². The molecule has 128 valence electrons. The van der Waals surface area contributed by atoms with Gasteiger partial charge < -0.3 is 14.5 Å². The smallest absolute Gasteiger partial charge is 0.341 e. The molecule has 5 nitrogen and oxygen atoms in total. The molecule has 0 saturated heterocycles. The Morgan fingerprint density at radius 1 is 1.28 bits per heavy atom. The number of hydrogen-bond acceptors (Lipinski definition) is 5. The van der Waals surface area contributed by atoms with E-state index in [1.54, 1.807) is 0 Å². The minimum Gasteiger partial charge on any atom is -0.465 e. The SMILES string of the molecule is COC(=O)c1c(C2CC2)csc1NC(=O)c1oc2ccccc2c1C. The quantitative estimate of drug-likeness (QED) is 0.688. The summed E-state index contributed by atoms with van der Waals surface area (Å²) in [5, 5.41) is 6.19. The van der Waals surface area contributed by atoms with Crippen molar-refractivity contribution in [2.45, 2.75) is 25.7 Å². The van der Waals surface area contributed by atoms with E-state index < -0.39 is 5.97 Å². The molecule has 1 aliphatic carbocycles. The first-order chi connectivity index (χ1) is 12.1. The van der Waals surface area contributed by atoms with Crippen LogP contribution >= 0.6 is 11.3 Å². The molecular formula is C19H17NO4S. The third-order valence-corrected chi connectivity index (χ3v) is 5.42. The zero-order chi connectivity index (χ0) is 17.6. The number of amides is 1. The van der Waals surface area contributed by atoms with Crippen molar-refractivity contribution in [3.63, 3.8) is 0 Å². The third kappa shape index (κ3) is 2.72. The fraction of sp³-hybridized carbons (Fsp3) is 0.263. The molecule has 1 saturated carbocycles. The number of hydrogen-bond donors (Lipinski definition) is 1. The van der Waals surface area contributed by atoms with Crippen molar-refractivity contribution in [2.24, 2.45) is 0 Å². The first-order valence-electron chi connectivity index (χ1n) is 8.09. The van der Waals surface area contributed by atoms with E-state index >= 15 is 0 Å². The number of esters is 1. The Balaban J connectivity index is 1.68. The lowest BCUT2D eigenvalue weighted by atomic mass is 10.1. The van der Waals surface area contributed by atoms with Gasteiger partial charge in [-0.25, -0.2) is 4.79 Å². The maximum Gasteiger partial charge on any atom is 0.341 e. The molecule has 0 atom stereocenters. The minimum atomic E-state index is -0.417. The molecule has 0 unspecified atom stereocenters. The number of anilines is 1. The topological polar surface area (TPSA) is 68.5 Å². The second-order valence-corrected chi connectivity index (χ2v) is 7.05. The number of benzene rings is 1. The van der Waals surface area contributed by atoms with Crippen LogP contribution in [0.3, 0.4) is 0 Å². The Morgan fingerprint density at radius 2 is 2.04 bits per heavy atom. The number of nitrogens with one attached hydrogen (secondary N) is 1. The van der Waals surface area contributed by atoms with E-state index in [9.17, 15) is 9.59 Å². The van der Waals surface area contributed by atoms with Crippen LogP contribution in [0.15, 0.2) is 34.1 Å². The van der Waals surface area contributed by atoms with Crippen molar-refractivity contribution in [3.05, 3.63) is 52.1 Å². The van der Waals surface area contributed by atoms with Crippen LogP contribution in [0.5, 0.6) is 0 Å². The summed E-state index contributed by atoms with van der Waals surface area (Å²) in [4.78, 5) is 24.9. The lowest BCUT2D eigenvalue weighted by Crippen LogP contribution is -2.14. The van der Waals surface area contributed by atoms with Gasteiger partial charge in [-0.1, -0.05) is 18.2 Å². The highest BCUT2D eigenvalue weighted by molar-refractivity contribution is 7.15. The average Bonchev–Trinajstić information content (AvgIpc) is 3.30. The molecule has 0 spiro atoms. The van der Waals surface area contributed by atoms with Gasteiger partial charge in [0.2, 0.25) is 0 Å². The monoisotopic (exact) mass is 355 g/mol. The second-order valence-electron chi connectivity index (χ2n) is 6.17. The van der Waals surface area contributed by atoms with Crippen LogP contribution in [0.25, 0.3) is 11.0 Å². The van der Waals surface area contributed by atoms with Gasteiger partial charge in [0.1, 0.15) is 10.6 Å². The lowest BCUT2D eigenvalue weighted by molar-refractivity contribution is 0.0601. The predicted molar refractivity (Wildman–Crippen MR) is 96.5 cm³/mol. The standard InChI is InChI=1S/C19H17NO4S/c1-10-12-5-3-4-6-14(12)24-16(10)17(21)20-18-15(19(22)23-2)13(9-25-18)11-7-8-11/h3-6,9,11H,7-8H2,1-2H3,(H,20,21). The molecular weight excluding hydrogens is 338 g/mol. The summed E-state index contributed by atoms with van der Waals surface area (Å²) in [7, 11) is 1.35. The summed E-state index contributed by atoms with van der Waals surface area (Å²) in [5.74, 6) is -0.120. The Hall–Kier alpha value is -2.60. The molecule has 2 heterocycles. The fourth-order valence-corrected chi connectivity index (χ4v) is 4.05. The Kier molecular flexibility index (Phi) is 3.84. The van der Waals surface area contributed by atoms with E-state index in [0.29, 0.717) is 22.1 Å². The molecule has 1 amide bonds. The van der Waals surface area contributed by atoms with E-state index in [1.165, 1.54) is 18.4 Å². The van der Waals surface area contributed by atoms with Gasteiger partial charge in [-0.15, -0.1) is 11.3 Å². The van der Waals surface area contributed by atoms with E-state index in [1.807, 2.05) is 36.6 Å². The number of thiophene rings is 1. The summed E-state index contributed by atoms with van der Waals surface area (Å²) in [5.41, 5.74) is 2.89. The minimum absolute atomic E-state index is 0.262. The molecule has 0 bridgehead atoms. The summed E-state index contributed by atoms with van der Waals surface area (Å²) >= 11 is 1.35. The van der Waals surface area contributed by atoms with Gasteiger partial charge in [0.25, 0.3) is 5.91 Å². The highest BCUT2D eigenvalue weighted by Crippen LogP contribution is 2.46. The molecule has 3 aromatic rings. The van der Waals surface area contributed by atoms with Crippen molar-refractivity contribution < 1.29 is 18.7 Å². The number of carbonyl (C=O) groups is 2. The van der Waals surface area contributed by atoms with Crippen molar-refractivity contribution in [1.29, 1.82) is 0 Å². The van der Waals surface area contributed by atoms with Crippen LogP contribution in [0.4, 0.5) is 5.00 Å². The van der Waals surface area contributed by atoms with E-state index in [0.717, 1.165) is 29.4 Å².